The Balaban J connectivity index is 0.000000191. The molecule has 0 fully saturated rings. The van der Waals surface area contributed by atoms with E-state index in [9.17, 15) is 4.39 Å². The topological polar surface area (TPSA) is 47.7 Å². The van der Waals surface area contributed by atoms with E-state index in [-0.39, 0.29) is 5.82 Å². The smallest absolute Gasteiger partial charge is 0.151 e. The third-order valence-corrected chi connectivity index (χ3v) is 4.98. The summed E-state index contributed by atoms with van der Waals surface area (Å²) < 4.78 is 17.0. The number of aromatic nitrogens is 4. The fraction of sp³-hybridized carbons (Fsp3) is 0.391. The Hall–Kier alpha value is -2.89. The molecule has 0 saturated heterocycles. The van der Waals surface area contributed by atoms with Crippen molar-refractivity contribution in [2.24, 2.45) is 14.1 Å². The first-order chi connectivity index (χ1) is 13.7. The van der Waals surface area contributed by atoms with Crippen molar-refractivity contribution >= 4 is 27.5 Å². The molecule has 6 heteroatoms. The summed E-state index contributed by atoms with van der Waals surface area (Å²) >= 11 is 0. The first-order valence-corrected chi connectivity index (χ1v) is 9.94. The highest BCUT2D eigenvalue weighted by Gasteiger charge is 2.10. The summed E-state index contributed by atoms with van der Waals surface area (Å²) in [6.07, 6.45) is 0. The van der Waals surface area contributed by atoms with Gasteiger partial charge >= 0.3 is 0 Å². The van der Waals surface area contributed by atoms with E-state index < -0.39 is 0 Å². The number of hydrogen-bond donors (Lipinski definition) is 1. The second-order valence-electron chi connectivity index (χ2n) is 7.02. The predicted molar refractivity (Wildman–Crippen MR) is 121 cm³/mol. The van der Waals surface area contributed by atoms with Crippen LogP contribution in [0.25, 0.3) is 21.8 Å². The monoisotopic (exact) mass is 397 g/mol. The third-order valence-electron chi connectivity index (χ3n) is 4.98. The van der Waals surface area contributed by atoms with Gasteiger partial charge in [-0.25, -0.2) is 4.39 Å². The molecule has 0 saturated carbocycles. The lowest BCUT2D eigenvalue weighted by atomic mass is 10.1. The molecule has 4 rings (SSSR count). The number of halogens is 1. The van der Waals surface area contributed by atoms with E-state index in [0.717, 1.165) is 27.8 Å². The van der Waals surface area contributed by atoms with Crippen LogP contribution in [0, 0.1) is 33.5 Å². The van der Waals surface area contributed by atoms with Crippen LogP contribution in [0.1, 0.15) is 36.4 Å². The maximum absolute atomic E-state index is 13.4. The van der Waals surface area contributed by atoms with E-state index >= 15 is 0 Å². The molecule has 2 heterocycles. The zero-order valence-corrected chi connectivity index (χ0v) is 19.0. The molecule has 0 radical (unpaired) electrons. The first kappa shape index (κ1) is 22.4. The highest BCUT2D eigenvalue weighted by atomic mass is 19.1. The van der Waals surface area contributed by atoms with Gasteiger partial charge in [-0.05, 0) is 63.1 Å². The van der Waals surface area contributed by atoms with Gasteiger partial charge in [0, 0.05) is 43.3 Å². The summed E-state index contributed by atoms with van der Waals surface area (Å²) in [4.78, 5) is 0. The minimum atomic E-state index is -0.237. The Labute approximate surface area is 172 Å². The fourth-order valence-electron chi connectivity index (χ4n) is 3.26. The molecule has 2 aromatic carbocycles. The number of rotatable bonds is 1. The van der Waals surface area contributed by atoms with Crippen molar-refractivity contribution in [3.05, 3.63) is 52.6 Å². The van der Waals surface area contributed by atoms with E-state index in [1.165, 1.54) is 22.7 Å². The van der Waals surface area contributed by atoms with Crippen LogP contribution in [0.15, 0.2) is 24.3 Å². The van der Waals surface area contributed by atoms with E-state index in [0.29, 0.717) is 5.52 Å². The van der Waals surface area contributed by atoms with Crippen molar-refractivity contribution in [3.8, 4) is 0 Å². The number of benzene rings is 2. The lowest BCUT2D eigenvalue weighted by Crippen LogP contribution is -1.92. The summed E-state index contributed by atoms with van der Waals surface area (Å²) in [6, 6.07) is 7.77. The van der Waals surface area contributed by atoms with Crippen LogP contribution in [0.5, 0.6) is 0 Å². The molecule has 0 atom stereocenters. The molecule has 0 bridgehead atoms. The second-order valence-corrected chi connectivity index (χ2v) is 7.02. The highest BCUT2D eigenvalue weighted by Crippen LogP contribution is 2.26. The second kappa shape index (κ2) is 9.07. The average Bonchev–Trinajstić information content (AvgIpc) is 3.14. The van der Waals surface area contributed by atoms with Crippen molar-refractivity contribution in [1.29, 1.82) is 0 Å². The number of fused-ring (bicyclic) bond motifs is 2. The van der Waals surface area contributed by atoms with E-state index in [4.69, 9.17) is 0 Å². The number of anilines is 1. The third kappa shape index (κ3) is 4.42. The van der Waals surface area contributed by atoms with Gasteiger partial charge in [-0.3, -0.25) is 9.36 Å². The SMILES string of the molecule is CC.CNc1cc(C)cc2c(C)n(C)nc12.Cc1cc(F)c2nn(C)c(C)c2c1. The standard InChI is InChI=1S/C11H15N3.C10H11FN2.C2H6/c1-7-5-9-8(2)14(4)13-11(9)10(6-7)12-3;1-6-4-8-7(2)13(3)12-10(8)9(11)5-6;1-2/h5-6,12H,1-4H3;4-5H,1-3H3;1-2H3. The molecular weight excluding hydrogens is 365 g/mol. The molecule has 0 aliphatic heterocycles. The van der Waals surface area contributed by atoms with Crippen molar-refractivity contribution in [3.63, 3.8) is 0 Å². The number of hydrogen-bond acceptors (Lipinski definition) is 3. The summed E-state index contributed by atoms with van der Waals surface area (Å²) in [6.45, 7) is 12.0. The van der Waals surface area contributed by atoms with Crippen LogP contribution in [0.3, 0.4) is 0 Å². The van der Waals surface area contributed by atoms with Crippen LogP contribution in [-0.4, -0.2) is 26.6 Å². The Morgan fingerprint density at radius 3 is 1.72 bits per heavy atom. The van der Waals surface area contributed by atoms with E-state index in [1.54, 1.807) is 4.68 Å². The van der Waals surface area contributed by atoms with Gasteiger partial charge in [0.1, 0.15) is 11.0 Å². The Morgan fingerprint density at radius 1 is 0.759 bits per heavy atom. The number of aryl methyl sites for hydroxylation is 6. The summed E-state index contributed by atoms with van der Waals surface area (Å²) in [5, 5.41) is 13.9. The normalized spacial score (nSPS) is 10.4. The van der Waals surface area contributed by atoms with Crippen LogP contribution in [0.2, 0.25) is 0 Å². The molecule has 156 valence electrons. The molecule has 0 unspecified atom stereocenters. The largest absolute Gasteiger partial charge is 0.386 e. The maximum Gasteiger partial charge on any atom is 0.151 e. The van der Waals surface area contributed by atoms with Crippen LogP contribution < -0.4 is 5.32 Å². The van der Waals surface area contributed by atoms with Crippen molar-refractivity contribution in [2.45, 2.75) is 41.5 Å². The molecule has 4 aromatic rings. The van der Waals surface area contributed by atoms with Crippen molar-refractivity contribution in [2.75, 3.05) is 12.4 Å². The Morgan fingerprint density at radius 2 is 1.21 bits per heavy atom. The van der Waals surface area contributed by atoms with E-state index in [2.05, 4.69) is 41.5 Å². The lowest BCUT2D eigenvalue weighted by molar-refractivity contribution is 0.631. The van der Waals surface area contributed by atoms with Crippen LogP contribution in [0.4, 0.5) is 10.1 Å². The van der Waals surface area contributed by atoms with Crippen LogP contribution >= 0.6 is 0 Å². The molecule has 0 aliphatic carbocycles. The first-order valence-electron chi connectivity index (χ1n) is 9.94. The van der Waals surface area contributed by atoms with E-state index in [1.807, 2.05) is 59.6 Å². The molecule has 0 spiro atoms. The van der Waals surface area contributed by atoms with Gasteiger partial charge in [0.2, 0.25) is 0 Å². The van der Waals surface area contributed by atoms with Gasteiger partial charge in [-0.15, -0.1) is 0 Å². The molecular formula is C23H32FN5. The van der Waals surface area contributed by atoms with Gasteiger partial charge in [0.25, 0.3) is 0 Å². The molecule has 1 N–H and O–H groups in total. The van der Waals surface area contributed by atoms with Gasteiger partial charge in [-0.1, -0.05) is 13.8 Å². The zero-order valence-electron chi connectivity index (χ0n) is 19.0. The number of nitrogens with one attached hydrogen (secondary N) is 1. The fourth-order valence-corrected chi connectivity index (χ4v) is 3.26. The average molecular weight is 398 g/mol. The van der Waals surface area contributed by atoms with Crippen molar-refractivity contribution < 1.29 is 4.39 Å². The summed E-state index contributed by atoms with van der Waals surface area (Å²) in [5.41, 5.74) is 7.02. The lowest BCUT2D eigenvalue weighted by Gasteiger charge is -2.02. The van der Waals surface area contributed by atoms with Crippen molar-refractivity contribution in [1.82, 2.24) is 19.6 Å². The highest BCUT2D eigenvalue weighted by molar-refractivity contribution is 5.92. The van der Waals surface area contributed by atoms with Gasteiger partial charge in [0.05, 0.1) is 5.69 Å². The minimum Gasteiger partial charge on any atom is -0.386 e. The maximum atomic E-state index is 13.4. The number of nitrogens with zero attached hydrogens (tertiary/aromatic N) is 4. The molecule has 2 aromatic heterocycles. The Kier molecular flexibility index (Phi) is 7.01. The van der Waals surface area contributed by atoms with Gasteiger partial charge < -0.3 is 5.32 Å². The summed E-state index contributed by atoms with van der Waals surface area (Å²) in [5.74, 6) is -0.237. The zero-order chi connectivity index (χ0) is 21.9. The molecule has 29 heavy (non-hydrogen) atoms. The quantitative estimate of drug-likeness (QED) is 0.456. The predicted octanol–water partition coefficient (Wildman–Crippen LogP) is 5.59. The molecule has 5 nitrogen and oxygen atoms in total. The van der Waals surface area contributed by atoms with Crippen LogP contribution in [-0.2, 0) is 14.1 Å². The summed E-state index contributed by atoms with van der Waals surface area (Å²) in [7, 11) is 5.73. The van der Waals surface area contributed by atoms with Gasteiger partial charge in [-0.2, -0.15) is 10.2 Å². The molecule has 0 aliphatic rings. The minimum absolute atomic E-state index is 0.237. The Bertz CT molecular complexity index is 1140. The van der Waals surface area contributed by atoms with Gasteiger partial charge in [0.15, 0.2) is 5.82 Å². The molecule has 0 amide bonds.